The Labute approximate surface area is 184 Å². The van der Waals surface area contributed by atoms with Crippen molar-refractivity contribution < 1.29 is 19.1 Å². The number of esters is 1. The number of nitrogens with zero attached hydrogens (tertiary/aromatic N) is 2. The third-order valence-corrected chi connectivity index (χ3v) is 5.28. The number of hydrogen-bond acceptors (Lipinski definition) is 7. The highest BCUT2D eigenvalue weighted by Crippen LogP contribution is 2.33. The number of amides is 1. The number of nitrogens with one attached hydrogen (secondary N) is 2. The first-order chi connectivity index (χ1) is 14.0. The Morgan fingerprint density at radius 3 is 2.86 bits per heavy atom. The number of H-pyrrole nitrogens is 1. The van der Waals surface area contributed by atoms with Crippen LogP contribution in [0.3, 0.4) is 0 Å². The lowest BCUT2D eigenvalue weighted by Crippen LogP contribution is -2.19. The Kier molecular flexibility index (Phi) is 7.09. The number of hydrazone groups is 1. The minimum Gasteiger partial charge on any atom is -0.493 e. The molecule has 0 aliphatic heterocycles. The second-order valence-electron chi connectivity index (χ2n) is 5.77. The average molecular weight is 524 g/mol. The van der Waals surface area contributed by atoms with Gasteiger partial charge in [-0.1, -0.05) is 23.9 Å². The van der Waals surface area contributed by atoms with E-state index in [1.165, 1.54) is 32.0 Å². The fourth-order valence-electron chi connectivity index (χ4n) is 2.40. The van der Waals surface area contributed by atoms with E-state index in [4.69, 9.17) is 9.47 Å². The van der Waals surface area contributed by atoms with Crippen LogP contribution >= 0.6 is 34.4 Å². The van der Waals surface area contributed by atoms with Crippen molar-refractivity contribution in [2.45, 2.75) is 12.1 Å². The first kappa shape index (κ1) is 21.1. The quantitative estimate of drug-likeness (QED) is 0.123. The van der Waals surface area contributed by atoms with Crippen molar-refractivity contribution >= 4 is 63.5 Å². The molecule has 29 heavy (non-hydrogen) atoms. The van der Waals surface area contributed by atoms with E-state index in [-0.39, 0.29) is 11.7 Å². The van der Waals surface area contributed by atoms with E-state index in [2.05, 4.69) is 20.5 Å². The number of carbonyl (C=O) groups excluding carboxylic acids is 2. The van der Waals surface area contributed by atoms with Crippen molar-refractivity contribution in [2.75, 3.05) is 12.9 Å². The normalized spacial score (nSPS) is 11.0. The molecule has 150 valence electrons. The summed E-state index contributed by atoms with van der Waals surface area (Å²) in [5.74, 6) is 0.231. The lowest BCUT2D eigenvalue weighted by atomic mass is 10.2. The molecule has 0 saturated carbocycles. The number of methoxy groups -OCH3 is 1. The topological polar surface area (TPSA) is 106 Å². The number of para-hydroxylation sites is 2. The Bertz CT molecular complexity index is 1050. The summed E-state index contributed by atoms with van der Waals surface area (Å²) < 4.78 is 11.1. The number of benzene rings is 2. The summed E-state index contributed by atoms with van der Waals surface area (Å²) in [5, 5.41) is 4.64. The molecule has 2 N–H and O–H groups in total. The van der Waals surface area contributed by atoms with E-state index in [1.807, 2.05) is 46.9 Å². The Balaban J connectivity index is 1.58. The van der Waals surface area contributed by atoms with Gasteiger partial charge < -0.3 is 14.5 Å². The van der Waals surface area contributed by atoms with Crippen LogP contribution in [0, 0.1) is 3.57 Å². The molecular weight excluding hydrogens is 507 g/mol. The average Bonchev–Trinajstić information content (AvgIpc) is 3.11. The van der Waals surface area contributed by atoms with Crippen LogP contribution in [0.1, 0.15) is 12.5 Å². The number of ether oxygens (including phenoxy) is 2. The van der Waals surface area contributed by atoms with Gasteiger partial charge in [-0.25, -0.2) is 10.4 Å². The predicted molar refractivity (Wildman–Crippen MR) is 120 cm³/mol. The van der Waals surface area contributed by atoms with Crippen LogP contribution in [0.5, 0.6) is 11.5 Å². The summed E-state index contributed by atoms with van der Waals surface area (Å²) >= 11 is 3.33. The zero-order valence-electron chi connectivity index (χ0n) is 15.6. The number of aromatic amines is 1. The van der Waals surface area contributed by atoms with Gasteiger partial charge >= 0.3 is 5.97 Å². The maximum atomic E-state index is 12.0. The molecule has 8 nitrogen and oxygen atoms in total. The smallest absolute Gasteiger partial charge is 0.308 e. The maximum absolute atomic E-state index is 12.0. The highest BCUT2D eigenvalue weighted by atomic mass is 127. The van der Waals surface area contributed by atoms with Gasteiger partial charge in [0.2, 0.25) is 0 Å². The van der Waals surface area contributed by atoms with E-state index in [0.717, 1.165) is 11.0 Å². The molecule has 10 heteroatoms. The molecule has 0 spiro atoms. The van der Waals surface area contributed by atoms with Crippen molar-refractivity contribution in [3.8, 4) is 11.5 Å². The van der Waals surface area contributed by atoms with E-state index < -0.39 is 5.97 Å². The van der Waals surface area contributed by atoms with Crippen molar-refractivity contribution in [3.05, 3.63) is 45.5 Å². The van der Waals surface area contributed by atoms with E-state index in [9.17, 15) is 9.59 Å². The zero-order chi connectivity index (χ0) is 20.8. The molecule has 0 radical (unpaired) electrons. The minimum absolute atomic E-state index is 0.170. The molecule has 3 rings (SSSR count). The summed E-state index contributed by atoms with van der Waals surface area (Å²) in [6.45, 7) is 1.32. The molecule has 0 aliphatic carbocycles. The molecule has 1 amide bonds. The Morgan fingerprint density at radius 2 is 2.14 bits per heavy atom. The monoisotopic (exact) mass is 524 g/mol. The van der Waals surface area contributed by atoms with Gasteiger partial charge in [0.1, 0.15) is 0 Å². The van der Waals surface area contributed by atoms with Crippen LogP contribution in [0.25, 0.3) is 11.0 Å². The first-order valence-corrected chi connectivity index (χ1v) is 10.5. The molecule has 0 unspecified atom stereocenters. The van der Waals surface area contributed by atoms with Crippen molar-refractivity contribution in [1.29, 1.82) is 0 Å². The SMILES string of the molecule is COc1cc(/C=N\NC(=O)CSc2nc3ccccc3[nH]2)cc(I)c1OC(C)=O. The second kappa shape index (κ2) is 9.74. The van der Waals surface area contributed by atoms with E-state index >= 15 is 0 Å². The van der Waals surface area contributed by atoms with E-state index in [0.29, 0.717) is 25.8 Å². The van der Waals surface area contributed by atoms with Crippen LogP contribution in [0.2, 0.25) is 0 Å². The third kappa shape index (κ3) is 5.70. The lowest BCUT2D eigenvalue weighted by molar-refractivity contribution is -0.132. The van der Waals surface area contributed by atoms with Crippen LogP contribution < -0.4 is 14.9 Å². The van der Waals surface area contributed by atoms with Crippen molar-refractivity contribution in [1.82, 2.24) is 15.4 Å². The highest BCUT2D eigenvalue weighted by molar-refractivity contribution is 14.1. The van der Waals surface area contributed by atoms with Gasteiger partial charge in [-0.3, -0.25) is 9.59 Å². The van der Waals surface area contributed by atoms with Gasteiger partial charge in [0.25, 0.3) is 5.91 Å². The number of hydrogen-bond donors (Lipinski definition) is 2. The van der Waals surface area contributed by atoms with Gasteiger partial charge in [0, 0.05) is 6.92 Å². The minimum atomic E-state index is -0.433. The number of aromatic nitrogens is 2. The molecule has 1 heterocycles. The number of thioether (sulfide) groups is 1. The number of rotatable bonds is 7. The van der Waals surface area contributed by atoms with Gasteiger partial charge in [0.15, 0.2) is 16.7 Å². The molecule has 0 aliphatic rings. The largest absolute Gasteiger partial charge is 0.493 e. The molecule has 0 fully saturated rings. The standard InChI is InChI=1S/C19H17IN4O4S/c1-11(25)28-18-13(20)7-12(8-16(18)27-2)9-21-24-17(26)10-29-19-22-14-5-3-4-6-15(14)23-19/h3-9H,10H2,1-2H3,(H,22,23)(H,24,26)/b21-9-. The third-order valence-electron chi connectivity index (χ3n) is 3.61. The summed E-state index contributed by atoms with van der Waals surface area (Å²) in [6.07, 6.45) is 1.49. The number of carbonyl (C=O) groups is 2. The Morgan fingerprint density at radius 1 is 1.34 bits per heavy atom. The summed E-state index contributed by atoms with van der Waals surface area (Å²) in [4.78, 5) is 30.8. The van der Waals surface area contributed by atoms with Crippen LogP contribution in [0.15, 0.2) is 46.7 Å². The molecule has 1 aromatic heterocycles. The first-order valence-electron chi connectivity index (χ1n) is 8.41. The molecule has 0 saturated heterocycles. The molecule has 0 atom stereocenters. The number of halogens is 1. The lowest BCUT2D eigenvalue weighted by Gasteiger charge is -2.10. The van der Waals surface area contributed by atoms with Crippen LogP contribution in [-0.4, -0.2) is 40.9 Å². The molecule has 3 aromatic rings. The fourth-order valence-corrected chi connectivity index (χ4v) is 3.81. The summed E-state index contributed by atoms with van der Waals surface area (Å²) in [6, 6.07) is 11.1. The van der Waals surface area contributed by atoms with Crippen molar-refractivity contribution in [3.63, 3.8) is 0 Å². The van der Waals surface area contributed by atoms with Crippen LogP contribution in [-0.2, 0) is 9.59 Å². The van der Waals surface area contributed by atoms with Gasteiger partial charge in [0.05, 0.1) is 33.7 Å². The Hall–Kier alpha value is -2.60. The maximum Gasteiger partial charge on any atom is 0.308 e. The van der Waals surface area contributed by atoms with E-state index in [1.54, 1.807) is 12.1 Å². The predicted octanol–water partition coefficient (Wildman–Crippen LogP) is 3.34. The molecule has 2 aromatic carbocycles. The van der Waals surface area contributed by atoms with Gasteiger partial charge in [-0.05, 0) is 52.4 Å². The highest BCUT2D eigenvalue weighted by Gasteiger charge is 2.13. The van der Waals surface area contributed by atoms with Crippen molar-refractivity contribution in [2.24, 2.45) is 5.10 Å². The fraction of sp³-hybridized carbons (Fsp3) is 0.158. The summed E-state index contributed by atoms with van der Waals surface area (Å²) in [5.41, 5.74) is 4.95. The molecule has 0 bridgehead atoms. The summed E-state index contributed by atoms with van der Waals surface area (Å²) in [7, 11) is 1.48. The second-order valence-corrected chi connectivity index (χ2v) is 7.89. The van der Waals surface area contributed by atoms with Crippen LogP contribution in [0.4, 0.5) is 0 Å². The number of fused-ring (bicyclic) bond motifs is 1. The molecular formula is C19H17IN4O4S. The number of imidazole rings is 1. The van der Waals surface area contributed by atoms with Gasteiger partial charge in [-0.15, -0.1) is 0 Å². The van der Waals surface area contributed by atoms with Gasteiger partial charge in [-0.2, -0.15) is 5.10 Å². The zero-order valence-corrected chi connectivity index (χ0v) is 18.5.